The number of aliphatic hydroxyl groups is 1. The standard InChI is InChI=1S/C13H28N2O/c1-4-12(3)10-15(5-2)11-13(16)6-8-14-9-7-13/h12,14,16H,4-11H2,1-3H3. The molecule has 0 amide bonds. The first-order chi connectivity index (χ1) is 7.59. The minimum atomic E-state index is -0.450. The molecule has 1 fully saturated rings. The van der Waals surface area contributed by atoms with Gasteiger partial charge in [-0.2, -0.15) is 0 Å². The maximum absolute atomic E-state index is 10.5. The van der Waals surface area contributed by atoms with E-state index in [0.717, 1.165) is 51.5 Å². The van der Waals surface area contributed by atoms with Crippen LogP contribution in [0.15, 0.2) is 0 Å². The molecule has 0 saturated carbocycles. The Labute approximate surface area is 100 Å². The molecule has 0 aromatic heterocycles. The number of likely N-dealkylation sites (N-methyl/N-ethyl adjacent to an activating group) is 1. The normalized spacial score (nSPS) is 22.3. The second kappa shape index (κ2) is 6.58. The molecule has 1 aliphatic heterocycles. The van der Waals surface area contributed by atoms with Crippen LogP contribution in [0.3, 0.4) is 0 Å². The van der Waals surface area contributed by atoms with E-state index in [9.17, 15) is 5.11 Å². The topological polar surface area (TPSA) is 35.5 Å². The Hall–Kier alpha value is -0.120. The van der Waals surface area contributed by atoms with Gasteiger partial charge in [0.1, 0.15) is 0 Å². The van der Waals surface area contributed by atoms with Crippen molar-refractivity contribution in [2.75, 3.05) is 32.7 Å². The van der Waals surface area contributed by atoms with Crippen LogP contribution in [-0.2, 0) is 0 Å². The zero-order valence-corrected chi connectivity index (χ0v) is 11.1. The third-order valence-corrected chi connectivity index (χ3v) is 3.77. The van der Waals surface area contributed by atoms with Crippen LogP contribution in [0.25, 0.3) is 0 Å². The lowest BCUT2D eigenvalue weighted by molar-refractivity contribution is -0.0224. The largest absolute Gasteiger partial charge is 0.388 e. The Morgan fingerprint density at radius 1 is 1.31 bits per heavy atom. The van der Waals surface area contributed by atoms with Crippen molar-refractivity contribution in [2.24, 2.45) is 5.92 Å². The maximum Gasteiger partial charge on any atom is 0.0798 e. The molecule has 0 radical (unpaired) electrons. The van der Waals surface area contributed by atoms with Gasteiger partial charge in [-0.05, 0) is 38.4 Å². The third-order valence-electron chi connectivity index (χ3n) is 3.77. The van der Waals surface area contributed by atoms with Crippen LogP contribution < -0.4 is 5.32 Å². The summed E-state index contributed by atoms with van der Waals surface area (Å²) in [6.45, 7) is 11.6. The minimum absolute atomic E-state index is 0.450. The van der Waals surface area contributed by atoms with Crippen LogP contribution in [0, 0.1) is 5.92 Å². The summed E-state index contributed by atoms with van der Waals surface area (Å²) in [5, 5.41) is 13.8. The van der Waals surface area contributed by atoms with E-state index in [1.165, 1.54) is 6.42 Å². The van der Waals surface area contributed by atoms with Gasteiger partial charge >= 0.3 is 0 Å². The first-order valence-electron chi connectivity index (χ1n) is 6.75. The van der Waals surface area contributed by atoms with E-state index in [0.29, 0.717) is 0 Å². The van der Waals surface area contributed by atoms with Crippen LogP contribution in [0.5, 0.6) is 0 Å². The Morgan fingerprint density at radius 2 is 1.94 bits per heavy atom. The van der Waals surface area contributed by atoms with Crippen LogP contribution in [-0.4, -0.2) is 48.3 Å². The molecule has 1 saturated heterocycles. The molecular formula is C13H28N2O. The Bertz CT molecular complexity index is 190. The highest BCUT2D eigenvalue weighted by atomic mass is 16.3. The predicted octanol–water partition coefficient (Wildman–Crippen LogP) is 1.47. The fourth-order valence-corrected chi connectivity index (χ4v) is 2.34. The van der Waals surface area contributed by atoms with Gasteiger partial charge in [0.2, 0.25) is 0 Å². The molecule has 0 aliphatic carbocycles. The summed E-state index contributed by atoms with van der Waals surface area (Å²) in [7, 11) is 0. The second-order valence-electron chi connectivity index (χ2n) is 5.32. The smallest absolute Gasteiger partial charge is 0.0798 e. The molecule has 0 aromatic rings. The van der Waals surface area contributed by atoms with Gasteiger partial charge in [-0.3, -0.25) is 0 Å². The van der Waals surface area contributed by atoms with Gasteiger partial charge in [-0.1, -0.05) is 27.2 Å². The molecule has 0 spiro atoms. The van der Waals surface area contributed by atoms with Gasteiger partial charge in [0, 0.05) is 13.1 Å². The first kappa shape index (κ1) is 13.9. The van der Waals surface area contributed by atoms with Gasteiger partial charge in [-0.25, -0.2) is 0 Å². The molecule has 2 N–H and O–H groups in total. The number of nitrogens with zero attached hydrogens (tertiary/aromatic N) is 1. The Balaban J connectivity index is 2.41. The summed E-state index contributed by atoms with van der Waals surface area (Å²) < 4.78 is 0. The molecule has 1 heterocycles. The molecule has 1 atom stereocenters. The van der Waals surface area contributed by atoms with Crippen molar-refractivity contribution in [1.29, 1.82) is 0 Å². The molecule has 3 nitrogen and oxygen atoms in total. The van der Waals surface area contributed by atoms with E-state index in [2.05, 4.69) is 31.0 Å². The van der Waals surface area contributed by atoms with Gasteiger partial charge in [-0.15, -0.1) is 0 Å². The molecule has 3 heteroatoms. The summed E-state index contributed by atoms with van der Waals surface area (Å²) in [6, 6.07) is 0. The van der Waals surface area contributed by atoms with E-state index in [-0.39, 0.29) is 0 Å². The highest BCUT2D eigenvalue weighted by Crippen LogP contribution is 2.20. The lowest BCUT2D eigenvalue weighted by Gasteiger charge is -2.37. The van der Waals surface area contributed by atoms with Crippen molar-refractivity contribution in [3.8, 4) is 0 Å². The fraction of sp³-hybridized carbons (Fsp3) is 1.00. The van der Waals surface area contributed by atoms with Crippen LogP contribution in [0.4, 0.5) is 0 Å². The average Bonchev–Trinajstić information content (AvgIpc) is 2.28. The van der Waals surface area contributed by atoms with Crippen molar-refractivity contribution >= 4 is 0 Å². The minimum Gasteiger partial charge on any atom is -0.388 e. The summed E-state index contributed by atoms with van der Waals surface area (Å²) in [5.74, 6) is 0.727. The summed E-state index contributed by atoms with van der Waals surface area (Å²) in [4.78, 5) is 2.40. The number of hydrogen-bond acceptors (Lipinski definition) is 3. The maximum atomic E-state index is 10.5. The van der Waals surface area contributed by atoms with Crippen molar-refractivity contribution in [1.82, 2.24) is 10.2 Å². The molecular weight excluding hydrogens is 200 g/mol. The number of nitrogens with one attached hydrogen (secondary N) is 1. The zero-order chi connectivity index (χ0) is 12.0. The van der Waals surface area contributed by atoms with E-state index >= 15 is 0 Å². The highest BCUT2D eigenvalue weighted by molar-refractivity contribution is 4.87. The summed E-state index contributed by atoms with van der Waals surface area (Å²) >= 11 is 0. The summed E-state index contributed by atoms with van der Waals surface area (Å²) in [5.41, 5.74) is -0.450. The second-order valence-corrected chi connectivity index (χ2v) is 5.32. The van der Waals surface area contributed by atoms with Crippen LogP contribution in [0.2, 0.25) is 0 Å². The quantitative estimate of drug-likeness (QED) is 0.722. The predicted molar refractivity (Wildman–Crippen MR) is 68.6 cm³/mol. The van der Waals surface area contributed by atoms with Crippen molar-refractivity contribution < 1.29 is 5.11 Å². The average molecular weight is 228 g/mol. The fourth-order valence-electron chi connectivity index (χ4n) is 2.34. The molecule has 16 heavy (non-hydrogen) atoms. The molecule has 1 aliphatic rings. The number of hydrogen-bond donors (Lipinski definition) is 2. The van der Waals surface area contributed by atoms with Crippen molar-refractivity contribution in [3.63, 3.8) is 0 Å². The SMILES string of the molecule is CCC(C)CN(CC)CC1(O)CCNCC1. The highest BCUT2D eigenvalue weighted by Gasteiger charge is 2.30. The van der Waals surface area contributed by atoms with Crippen molar-refractivity contribution in [2.45, 2.75) is 45.6 Å². The molecule has 1 unspecified atom stereocenters. The van der Waals surface area contributed by atoms with Crippen LogP contribution >= 0.6 is 0 Å². The lowest BCUT2D eigenvalue weighted by Crippen LogP contribution is -2.50. The van der Waals surface area contributed by atoms with Gasteiger partial charge in [0.15, 0.2) is 0 Å². The van der Waals surface area contributed by atoms with Gasteiger partial charge in [0.05, 0.1) is 5.60 Å². The monoisotopic (exact) mass is 228 g/mol. The molecule has 96 valence electrons. The van der Waals surface area contributed by atoms with Crippen molar-refractivity contribution in [3.05, 3.63) is 0 Å². The van der Waals surface area contributed by atoms with Gasteiger partial charge < -0.3 is 15.3 Å². The van der Waals surface area contributed by atoms with E-state index in [1.54, 1.807) is 0 Å². The lowest BCUT2D eigenvalue weighted by atomic mass is 9.91. The number of piperidine rings is 1. The first-order valence-corrected chi connectivity index (χ1v) is 6.75. The van der Waals surface area contributed by atoms with E-state index in [4.69, 9.17) is 0 Å². The zero-order valence-electron chi connectivity index (χ0n) is 11.1. The van der Waals surface area contributed by atoms with E-state index in [1.807, 2.05) is 0 Å². The van der Waals surface area contributed by atoms with Crippen LogP contribution in [0.1, 0.15) is 40.0 Å². The third kappa shape index (κ3) is 4.40. The molecule has 1 rings (SSSR count). The van der Waals surface area contributed by atoms with Gasteiger partial charge in [0.25, 0.3) is 0 Å². The number of rotatable bonds is 6. The molecule has 0 aromatic carbocycles. The van der Waals surface area contributed by atoms with E-state index < -0.39 is 5.60 Å². The molecule has 0 bridgehead atoms. The summed E-state index contributed by atoms with van der Waals surface area (Å²) in [6.07, 6.45) is 3.00. The Kier molecular flexibility index (Phi) is 5.73. The Morgan fingerprint density at radius 3 is 2.44 bits per heavy atom.